The molecular weight excluding hydrogens is 440 g/mol. The van der Waals surface area contributed by atoms with E-state index >= 15 is 0 Å². The van der Waals surface area contributed by atoms with Crippen molar-refractivity contribution in [1.29, 1.82) is 0 Å². The molecule has 0 radical (unpaired) electrons. The first-order valence-electron chi connectivity index (χ1n) is 12.9. The number of benzene rings is 2. The summed E-state index contributed by atoms with van der Waals surface area (Å²) in [5, 5.41) is 0. The lowest BCUT2D eigenvalue weighted by atomic mass is 9.96. The monoisotopic (exact) mass is 478 g/mol. The van der Waals surface area contributed by atoms with Crippen molar-refractivity contribution in [2.75, 3.05) is 13.7 Å². The Morgan fingerprint density at radius 3 is 2.26 bits per heavy atom. The van der Waals surface area contributed by atoms with Gasteiger partial charge in [0.05, 0.1) is 13.2 Å². The Kier molecular flexibility index (Phi) is 7.99. The number of carbonyl (C=O) groups is 2. The maximum atomic E-state index is 14.1. The molecule has 2 aromatic carbocycles. The minimum Gasteiger partial charge on any atom is -0.493 e. The van der Waals surface area contributed by atoms with Crippen LogP contribution in [0.25, 0.3) is 0 Å². The van der Waals surface area contributed by atoms with Gasteiger partial charge in [-0.1, -0.05) is 61.6 Å². The normalized spacial score (nSPS) is 19.7. The summed E-state index contributed by atoms with van der Waals surface area (Å²) in [5.74, 6) is 1.19. The van der Waals surface area contributed by atoms with E-state index in [0.29, 0.717) is 18.0 Å². The van der Waals surface area contributed by atoms with Gasteiger partial charge >= 0.3 is 0 Å². The predicted octanol–water partition coefficient (Wildman–Crippen LogP) is 5.43. The molecular formula is C29H38N2O4. The molecule has 0 unspecified atom stereocenters. The smallest absolute Gasteiger partial charge is 0.250 e. The van der Waals surface area contributed by atoms with Gasteiger partial charge in [0.1, 0.15) is 12.6 Å². The molecule has 4 rings (SSSR count). The lowest BCUT2D eigenvalue weighted by Gasteiger charge is -2.43. The first-order valence-corrected chi connectivity index (χ1v) is 12.9. The molecule has 6 heteroatoms. The van der Waals surface area contributed by atoms with Crippen molar-refractivity contribution in [3.63, 3.8) is 0 Å². The Labute approximate surface area is 209 Å². The third-order valence-corrected chi connectivity index (χ3v) is 7.06. The number of hydrogen-bond acceptors (Lipinski definition) is 4. The van der Waals surface area contributed by atoms with E-state index in [4.69, 9.17) is 9.47 Å². The maximum Gasteiger partial charge on any atom is 0.250 e. The van der Waals surface area contributed by atoms with Gasteiger partial charge in [0.25, 0.3) is 5.91 Å². The molecule has 2 aliphatic rings. The van der Waals surface area contributed by atoms with Crippen molar-refractivity contribution >= 4 is 11.8 Å². The van der Waals surface area contributed by atoms with E-state index in [9.17, 15) is 9.59 Å². The summed E-state index contributed by atoms with van der Waals surface area (Å²) in [5.41, 5.74) is 2.93. The summed E-state index contributed by atoms with van der Waals surface area (Å²) < 4.78 is 11.5. The molecule has 1 atom stereocenters. The molecule has 1 saturated heterocycles. The molecule has 1 heterocycles. The zero-order chi connectivity index (χ0) is 24.9. The average Bonchev–Trinajstić information content (AvgIpc) is 3.12. The molecule has 2 fully saturated rings. The van der Waals surface area contributed by atoms with Gasteiger partial charge in [-0.25, -0.2) is 0 Å². The summed E-state index contributed by atoms with van der Waals surface area (Å²) in [6.45, 7) is 6.51. The minimum atomic E-state index is -0.692. The summed E-state index contributed by atoms with van der Waals surface area (Å²) in [6, 6.07) is 13.2. The van der Waals surface area contributed by atoms with Crippen LogP contribution < -0.4 is 9.47 Å². The number of nitrogens with zero attached hydrogens (tertiary/aromatic N) is 2. The number of piperazine rings is 1. The predicted molar refractivity (Wildman–Crippen MR) is 136 cm³/mol. The third-order valence-electron chi connectivity index (χ3n) is 7.06. The highest BCUT2D eigenvalue weighted by atomic mass is 16.5. The van der Waals surface area contributed by atoms with Crippen LogP contribution in [0.4, 0.5) is 0 Å². The summed E-state index contributed by atoms with van der Waals surface area (Å²) >= 11 is 0. The molecule has 0 N–H and O–H groups in total. The van der Waals surface area contributed by atoms with Gasteiger partial charge in [-0.15, -0.1) is 0 Å². The van der Waals surface area contributed by atoms with Crippen LogP contribution in [0.2, 0.25) is 0 Å². The van der Waals surface area contributed by atoms with Gasteiger partial charge in [0.15, 0.2) is 11.5 Å². The second-order valence-corrected chi connectivity index (χ2v) is 10.1. The first-order chi connectivity index (χ1) is 16.9. The van der Waals surface area contributed by atoms with E-state index < -0.39 is 6.04 Å². The Balaban J connectivity index is 1.71. The Hall–Kier alpha value is -3.02. The van der Waals surface area contributed by atoms with Crippen molar-refractivity contribution in [2.45, 2.75) is 84.0 Å². The second kappa shape index (κ2) is 11.1. The highest BCUT2D eigenvalue weighted by Crippen LogP contribution is 2.37. The summed E-state index contributed by atoms with van der Waals surface area (Å²) in [7, 11) is 1.60. The van der Waals surface area contributed by atoms with E-state index in [1.165, 1.54) is 12.8 Å². The molecule has 1 saturated carbocycles. The van der Waals surface area contributed by atoms with Gasteiger partial charge in [-0.2, -0.15) is 0 Å². The fourth-order valence-electron chi connectivity index (χ4n) is 5.23. The van der Waals surface area contributed by atoms with Crippen molar-refractivity contribution < 1.29 is 19.1 Å². The number of amides is 2. The standard InChI is InChI=1S/C29H38N2O4/c1-20(2)35-25-16-15-23(17-26(25)34-4)28-29(33)30(24-9-7-5-6-8-10-24)19-27(32)31(28)18-22-13-11-21(3)12-14-22/h11-17,20,24,28H,5-10,18-19H2,1-4H3/t28-/m0/s1. The molecule has 2 amide bonds. The molecule has 0 aromatic heterocycles. The van der Waals surface area contributed by atoms with Gasteiger partial charge in [-0.3, -0.25) is 9.59 Å². The fraction of sp³-hybridized carbons (Fsp3) is 0.517. The van der Waals surface area contributed by atoms with Crippen LogP contribution in [0.3, 0.4) is 0 Å². The van der Waals surface area contributed by atoms with E-state index in [1.807, 2.05) is 68.1 Å². The van der Waals surface area contributed by atoms with Gasteiger partial charge < -0.3 is 19.3 Å². The van der Waals surface area contributed by atoms with Gasteiger partial charge in [0, 0.05) is 12.6 Å². The molecule has 1 aliphatic carbocycles. The Morgan fingerprint density at radius 1 is 0.943 bits per heavy atom. The minimum absolute atomic E-state index is 0.00296. The molecule has 188 valence electrons. The van der Waals surface area contributed by atoms with E-state index in [-0.39, 0.29) is 30.5 Å². The first kappa shape index (κ1) is 25.1. The van der Waals surface area contributed by atoms with Gasteiger partial charge in [0.2, 0.25) is 5.91 Å². The van der Waals surface area contributed by atoms with Crippen molar-refractivity contribution in [3.05, 3.63) is 59.2 Å². The van der Waals surface area contributed by atoms with E-state index in [2.05, 4.69) is 0 Å². The molecule has 0 spiro atoms. The van der Waals surface area contributed by atoms with Crippen LogP contribution >= 0.6 is 0 Å². The molecule has 6 nitrogen and oxygen atoms in total. The summed E-state index contributed by atoms with van der Waals surface area (Å²) in [4.78, 5) is 31.2. The molecule has 1 aliphatic heterocycles. The largest absolute Gasteiger partial charge is 0.493 e. The summed E-state index contributed by atoms with van der Waals surface area (Å²) in [6.07, 6.45) is 6.54. The SMILES string of the molecule is COc1cc([C@H]2C(=O)N(C3CCCCCC3)CC(=O)N2Cc2ccc(C)cc2)ccc1OC(C)C. The number of hydrogen-bond donors (Lipinski definition) is 0. The van der Waals surface area contributed by atoms with Gasteiger partial charge in [-0.05, 0) is 56.9 Å². The molecule has 35 heavy (non-hydrogen) atoms. The van der Waals surface area contributed by atoms with E-state index in [1.54, 1.807) is 12.0 Å². The zero-order valence-electron chi connectivity index (χ0n) is 21.5. The zero-order valence-corrected chi connectivity index (χ0v) is 21.5. The number of ether oxygens (including phenoxy) is 2. The second-order valence-electron chi connectivity index (χ2n) is 10.1. The number of rotatable bonds is 7. The fourth-order valence-corrected chi connectivity index (χ4v) is 5.23. The van der Waals surface area contributed by atoms with Crippen molar-refractivity contribution in [1.82, 2.24) is 9.80 Å². The van der Waals surface area contributed by atoms with Crippen LogP contribution in [0.5, 0.6) is 11.5 Å². The van der Waals surface area contributed by atoms with Crippen LogP contribution in [-0.2, 0) is 16.1 Å². The van der Waals surface area contributed by atoms with Crippen molar-refractivity contribution in [3.8, 4) is 11.5 Å². The molecule has 0 bridgehead atoms. The number of aryl methyl sites for hydroxylation is 1. The van der Waals surface area contributed by atoms with Crippen LogP contribution in [0.1, 0.15) is 75.1 Å². The maximum absolute atomic E-state index is 14.1. The molecule has 2 aromatic rings. The van der Waals surface area contributed by atoms with E-state index in [0.717, 1.165) is 42.4 Å². The third kappa shape index (κ3) is 5.80. The quantitative estimate of drug-likeness (QED) is 0.498. The number of methoxy groups -OCH3 is 1. The lowest BCUT2D eigenvalue weighted by Crippen LogP contribution is -2.57. The Morgan fingerprint density at radius 2 is 1.63 bits per heavy atom. The highest BCUT2D eigenvalue weighted by molar-refractivity contribution is 5.96. The highest BCUT2D eigenvalue weighted by Gasteiger charge is 2.43. The van der Waals surface area contributed by atoms with Crippen LogP contribution in [-0.4, -0.2) is 47.4 Å². The topological polar surface area (TPSA) is 59.1 Å². The van der Waals surface area contributed by atoms with Crippen LogP contribution in [0.15, 0.2) is 42.5 Å². The number of carbonyl (C=O) groups excluding carboxylic acids is 2. The Bertz CT molecular complexity index is 1030. The lowest BCUT2D eigenvalue weighted by molar-refractivity contribution is -0.159. The van der Waals surface area contributed by atoms with Crippen molar-refractivity contribution in [2.24, 2.45) is 0 Å². The average molecular weight is 479 g/mol. The van der Waals surface area contributed by atoms with Crippen LogP contribution in [0, 0.1) is 6.92 Å².